The van der Waals surface area contributed by atoms with Crippen LogP contribution in [0, 0.1) is 0 Å². The van der Waals surface area contributed by atoms with Crippen molar-refractivity contribution in [3.8, 4) is 5.75 Å². The zero-order chi connectivity index (χ0) is 12.8. The molecule has 4 nitrogen and oxygen atoms in total. The first-order valence-electron chi connectivity index (χ1n) is 5.36. The first-order chi connectivity index (χ1) is 8.74. The highest BCUT2D eigenvalue weighted by molar-refractivity contribution is 8.00. The first-order valence-corrected chi connectivity index (χ1v) is 6.34. The smallest absolute Gasteiger partial charge is 0.234 e. The van der Waals surface area contributed by atoms with Gasteiger partial charge < -0.3 is 10.4 Å². The number of carbonyl (C=O) groups is 1. The van der Waals surface area contributed by atoms with E-state index < -0.39 is 0 Å². The number of thioether (sulfide) groups is 1. The molecule has 0 unspecified atom stereocenters. The maximum Gasteiger partial charge on any atom is 0.234 e. The van der Waals surface area contributed by atoms with Crippen LogP contribution in [0.15, 0.2) is 53.7 Å². The molecule has 2 rings (SSSR count). The number of hydrogen-bond acceptors (Lipinski definition) is 4. The SMILES string of the molecule is O=C(CSc1ccncc1)Nc1cccc(O)c1. The molecule has 0 bridgehead atoms. The van der Waals surface area contributed by atoms with Crippen LogP contribution in [0.4, 0.5) is 5.69 Å². The molecule has 0 spiro atoms. The van der Waals surface area contributed by atoms with Crippen LogP contribution in [0.2, 0.25) is 0 Å². The van der Waals surface area contributed by atoms with Crippen LogP contribution in [-0.2, 0) is 4.79 Å². The van der Waals surface area contributed by atoms with Crippen molar-refractivity contribution in [2.45, 2.75) is 4.90 Å². The van der Waals surface area contributed by atoms with Crippen LogP contribution < -0.4 is 5.32 Å². The van der Waals surface area contributed by atoms with Crippen molar-refractivity contribution < 1.29 is 9.90 Å². The predicted molar refractivity (Wildman–Crippen MR) is 71.7 cm³/mol. The number of anilines is 1. The minimum Gasteiger partial charge on any atom is -0.508 e. The fraction of sp³-hybridized carbons (Fsp3) is 0.0769. The van der Waals surface area contributed by atoms with E-state index in [1.165, 1.54) is 17.8 Å². The van der Waals surface area contributed by atoms with Crippen molar-refractivity contribution in [3.05, 3.63) is 48.8 Å². The number of carbonyl (C=O) groups excluding carboxylic acids is 1. The Bertz CT molecular complexity index is 532. The molecule has 0 aliphatic heterocycles. The Morgan fingerprint density at radius 1 is 1.28 bits per heavy atom. The van der Waals surface area contributed by atoms with Crippen LogP contribution in [0.1, 0.15) is 0 Å². The van der Waals surface area contributed by atoms with Gasteiger partial charge in [-0.2, -0.15) is 0 Å². The molecule has 1 heterocycles. The van der Waals surface area contributed by atoms with Gasteiger partial charge in [0.15, 0.2) is 0 Å². The van der Waals surface area contributed by atoms with Crippen LogP contribution in [0.25, 0.3) is 0 Å². The minimum atomic E-state index is -0.109. The molecule has 0 radical (unpaired) electrons. The largest absolute Gasteiger partial charge is 0.508 e. The van der Waals surface area contributed by atoms with E-state index in [4.69, 9.17) is 0 Å². The third kappa shape index (κ3) is 3.78. The molecule has 0 aliphatic carbocycles. The van der Waals surface area contributed by atoms with Crippen molar-refractivity contribution in [2.75, 3.05) is 11.1 Å². The number of rotatable bonds is 4. The maximum atomic E-state index is 11.7. The molecule has 0 fully saturated rings. The van der Waals surface area contributed by atoms with E-state index in [1.807, 2.05) is 12.1 Å². The highest BCUT2D eigenvalue weighted by Gasteiger charge is 2.03. The Balaban J connectivity index is 1.86. The van der Waals surface area contributed by atoms with E-state index in [0.717, 1.165) is 4.90 Å². The summed E-state index contributed by atoms with van der Waals surface area (Å²) in [4.78, 5) is 16.6. The summed E-state index contributed by atoms with van der Waals surface area (Å²) >= 11 is 1.44. The molecule has 0 aliphatic rings. The number of aromatic hydroxyl groups is 1. The van der Waals surface area contributed by atoms with Gasteiger partial charge in [-0.1, -0.05) is 6.07 Å². The standard InChI is InChI=1S/C13H12N2O2S/c16-11-3-1-2-10(8-11)15-13(17)9-18-12-4-6-14-7-5-12/h1-8,16H,9H2,(H,15,17). The molecule has 2 aromatic rings. The fourth-order valence-electron chi connectivity index (χ4n) is 1.36. The quantitative estimate of drug-likeness (QED) is 0.829. The molecular weight excluding hydrogens is 248 g/mol. The Hall–Kier alpha value is -2.01. The molecule has 1 aromatic carbocycles. The molecule has 1 aromatic heterocycles. The van der Waals surface area contributed by atoms with Crippen molar-refractivity contribution in [2.24, 2.45) is 0 Å². The number of nitrogens with one attached hydrogen (secondary N) is 1. The normalized spacial score (nSPS) is 10.0. The van der Waals surface area contributed by atoms with E-state index in [-0.39, 0.29) is 11.7 Å². The summed E-state index contributed by atoms with van der Waals surface area (Å²) in [5.74, 6) is 0.344. The lowest BCUT2D eigenvalue weighted by Crippen LogP contribution is -2.13. The number of phenols is 1. The van der Waals surface area contributed by atoms with Gasteiger partial charge in [0.2, 0.25) is 5.91 Å². The van der Waals surface area contributed by atoms with Crippen LogP contribution in [0.5, 0.6) is 5.75 Å². The number of phenolic OH excluding ortho intramolecular Hbond substituents is 1. The summed E-state index contributed by atoms with van der Waals surface area (Å²) in [6.45, 7) is 0. The monoisotopic (exact) mass is 260 g/mol. The summed E-state index contributed by atoms with van der Waals surface area (Å²) in [6, 6.07) is 10.2. The Morgan fingerprint density at radius 2 is 2.06 bits per heavy atom. The molecular formula is C13H12N2O2S. The van der Waals surface area contributed by atoms with Gasteiger partial charge in [0.1, 0.15) is 5.75 Å². The van der Waals surface area contributed by atoms with Gasteiger partial charge in [0, 0.05) is 29.0 Å². The highest BCUT2D eigenvalue weighted by atomic mass is 32.2. The summed E-state index contributed by atoms with van der Waals surface area (Å²) in [5, 5.41) is 12.0. The minimum absolute atomic E-state index is 0.109. The average molecular weight is 260 g/mol. The Kier molecular flexibility index (Phi) is 4.20. The van der Waals surface area contributed by atoms with Crippen molar-refractivity contribution in [3.63, 3.8) is 0 Å². The van der Waals surface area contributed by atoms with Crippen LogP contribution in [-0.4, -0.2) is 21.8 Å². The topological polar surface area (TPSA) is 62.2 Å². The summed E-state index contributed by atoms with van der Waals surface area (Å²) < 4.78 is 0. The zero-order valence-corrected chi connectivity index (χ0v) is 10.4. The van der Waals surface area contributed by atoms with Gasteiger partial charge in [0.05, 0.1) is 5.75 Å². The van der Waals surface area contributed by atoms with E-state index in [2.05, 4.69) is 10.3 Å². The molecule has 5 heteroatoms. The fourth-order valence-corrected chi connectivity index (χ4v) is 2.05. The van der Waals surface area contributed by atoms with Crippen LogP contribution >= 0.6 is 11.8 Å². The van der Waals surface area contributed by atoms with Crippen molar-refractivity contribution in [1.82, 2.24) is 4.98 Å². The zero-order valence-electron chi connectivity index (χ0n) is 9.54. The van der Waals surface area contributed by atoms with Crippen molar-refractivity contribution >= 4 is 23.4 Å². The lowest BCUT2D eigenvalue weighted by molar-refractivity contribution is -0.113. The number of amides is 1. The Labute approximate surface area is 109 Å². The number of pyridine rings is 1. The number of hydrogen-bond donors (Lipinski definition) is 2. The summed E-state index contributed by atoms with van der Waals surface area (Å²) in [7, 11) is 0. The van der Waals surface area contributed by atoms with Gasteiger partial charge in [-0.3, -0.25) is 9.78 Å². The van der Waals surface area contributed by atoms with Gasteiger partial charge >= 0.3 is 0 Å². The van der Waals surface area contributed by atoms with E-state index >= 15 is 0 Å². The molecule has 0 saturated carbocycles. The molecule has 2 N–H and O–H groups in total. The third-order valence-corrected chi connectivity index (χ3v) is 3.16. The van der Waals surface area contributed by atoms with Crippen molar-refractivity contribution in [1.29, 1.82) is 0 Å². The second-order valence-electron chi connectivity index (χ2n) is 3.57. The summed E-state index contributed by atoms with van der Waals surface area (Å²) in [6.07, 6.45) is 3.38. The molecule has 92 valence electrons. The van der Waals surface area contributed by atoms with Gasteiger partial charge in [-0.05, 0) is 24.3 Å². The van der Waals surface area contributed by atoms with E-state index in [9.17, 15) is 9.90 Å². The highest BCUT2D eigenvalue weighted by Crippen LogP contribution is 2.18. The first kappa shape index (κ1) is 12.4. The summed E-state index contributed by atoms with van der Waals surface area (Å²) in [5.41, 5.74) is 0.593. The lowest BCUT2D eigenvalue weighted by atomic mass is 10.3. The van der Waals surface area contributed by atoms with E-state index in [1.54, 1.807) is 30.6 Å². The lowest BCUT2D eigenvalue weighted by Gasteiger charge is -2.05. The molecule has 0 saturated heterocycles. The molecule has 1 amide bonds. The number of nitrogens with zero attached hydrogens (tertiary/aromatic N) is 1. The average Bonchev–Trinajstić information content (AvgIpc) is 2.38. The predicted octanol–water partition coefficient (Wildman–Crippen LogP) is 2.52. The second kappa shape index (κ2) is 6.07. The van der Waals surface area contributed by atoms with Gasteiger partial charge in [-0.25, -0.2) is 0 Å². The van der Waals surface area contributed by atoms with Crippen LogP contribution in [0.3, 0.4) is 0 Å². The van der Waals surface area contributed by atoms with E-state index in [0.29, 0.717) is 11.4 Å². The second-order valence-corrected chi connectivity index (χ2v) is 4.62. The Morgan fingerprint density at radius 3 is 2.78 bits per heavy atom. The van der Waals surface area contributed by atoms with Gasteiger partial charge in [-0.15, -0.1) is 11.8 Å². The molecule has 0 atom stereocenters. The third-order valence-electron chi connectivity index (χ3n) is 2.15. The maximum absolute atomic E-state index is 11.7. The number of aromatic nitrogens is 1. The van der Waals surface area contributed by atoms with Gasteiger partial charge in [0.25, 0.3) is 0 Å². The number of benzene rings is 1. The molecule has 18 heavy (non-hydrogen) atoms.